The molecule has 7 rings (SSSR count). The Morgan fingerprint density at radius 1 is 1.00 bits per heavy atom. The van der Waals surface area contributed by atoms with Gasteiger partial charge in [0.25, 0.3) is 5.91 Å². The number of fused-ring (bicyclic) bond motifs is 4. The largest absolute Gasteiger partial charge is 0.454 e. The van der Waals surface area contributed by atoms with Gasteiger partial charge in [0.15, 0.2) is 11.5 Å². The monoisotopic (exact) mass is 480 g/mol. The van der Waals surface area contributed by atoms with Crippen molar-refractivity contribution in [1.82, 2.24) is 9.47 Å². The highest BCUT2D eigenvalue weighted by molar-refractivity contribution is 6.01. The molecular weight excluding hydrogens is 448 g/mol. The molecule has 2 saturated carbocycles. The van der Waals surface area contributed by atoms with Gasteiger partial charge in [0.05, 0.1) is 5.69 Å². The van der Waals surface area contributed by atoms with Crippen molar-refractivity contribution >= 4 is 33.6 Å². The molecule has 3 fully saturated rings. The number of furan rings is 1. The van der Waals surface area contributed by atoms with Gasteiger partial charge < -0.3 is 13.9 Å². The van der Waals surface area contributed by atoms with Crippen molar-refractivity contribution in [3.05, 3.63) is 59.2 Å². The van der Waals surface area contributed by atoms with Gasteiger partial charge in [-0.25, -0.2) is 0 Å². The summed E-state index contributed by atoms with van der Waals surface area (Å²) in [5.74, 6) is 2.99. The number of likely N-dealkylation sites (tertiary alicyclic amines) is 1. The van der Waals surface area contributed by atoms with Crippen molar-refractivity contribution in [3.63, 3.8) is 0 Å². The van der Waals surface area contributed by atoms with Crippen LogP contribution >= 0.6 is 0 Å². The van der Waals surface area contributed by atoms with Crippen molar-refractivity contribution in [3.8, 4) is 11.5 Å². The number of Topliss-reactive ketones (excluding diaryl/α,β-unsaturated/α-hetero) is 1. The molecule has 1 amide bonds. The van der Waals surface area contributed by atoms with Crippen LogP contribution in [0, 0.1) is 24.7 Å². The molecule has 5 heteroatoms. The van der Waals surface area contributed by atoms with Crippen molar-refractivity contribution in [2.75, 3.05) is 6.54 Å². The molecule has 2 aromatic heterocycles. The molecule has 2 unspecified atom stereocenters. The lowest BCUT2D eigenvalue weighted by Gasteiger charge is -2.27. The molecule has 2 aliphatic carbocycles. The quantitative estimate of drug-likeness (QED) is 0.294. The molecule has 3 atom stereocenters. The third-order valence-electron chi connectivity index (χ3n) is 9.14. The maximum atomic E-state index is 13.4. The molecule has 36 heavy (non-hydrogen) atoms. The number of aromatic nitrogens is 1. The molecule has 184 valence electrons. The molecule has 2 bridgehead atoms. The predicted octanol–water partition coefficient (Wildman–Crippen LogP) is 6.85. The molecule has 0 N–H and O–H groups in total. The highest BCUT2D eigenvalue weighted by Crippen LogP contribution is 2.44. The summed E-state index contributed by atoms with van der Waals surface area (Å²) in [6, 6.07) is 14.5. The number of hydrogen-bond acceptors (Lipinski definition) is 3. The van der Waals surface area contributed by atoms with Gasteiger partial charge in [-0.15, -0.1) is 0 Å². The van der Waals surface area contributed by atoms with Crippen LogP contribution in [0.1, 0.15) is 65.8 Å². The van der Waals surface area contributed by atoms with E-state index in [9.17, 15) is 9.59 Å². The van der Waals surface area contributed by atoms with Crippen LogP contribution in [-0.2, 0) is 6.54 Å². The van der Waals surface area contributed by atoms with E-state index < -0.39 is 0 Å². The van der Waals surface area contributed by atoms with Gasteiger partial charge in [0, 0.05) is 52.1 Å². The minimum atomic E-state index is 0.0790. The van der Waals surface area contributed by atoms with E-state index in [-0.39, 0.29) is 11.7 Å². The molecule has 1 aliphatic heterocycles. The molecule has 1 saturated heterocycles. The van der Waals surface area contributed by atoms with Crippen LogP contribution in [0.15, 0.2) is 46.9 Å². The fourth-order valence-corrected chi connectivity index (χ4v) is 6.73. The number of piperidine rings is 1. The molecule has 4 aromatic rings. The van der Waals surface area contributed by atoms with Crippen LogP contribution in [-0.4, -0.2) is 33.7 Å². The van der Waals surface area contributed by atoms with E-state index in [2.05, 4.69) is 29.4 Å². The summed E-state index contributed by atoms with van der Waals surface area (Å²) < 4.78 is 8.84. The van der Waals surface area contributed by atoms with E-state index >= 15 is 0 Å². The molecule has 0 spiro atoms. The second-order valence-corrected chi connectivity index (χ2v) is 11.4. The Kier molecular flexibility index (Phi) is 4.76. The normalized spacial score (nSPS) is 23.3. The summed E-state index contributed by atoms with van der Waals surface area (Å²) >= 11 is 0. The maximum absolute atomic E-state index is 13.4. The SMILES string of the molecule is CC(=O)c1ccc2cc(-c3oc4cc(C(=O)N5CC6CCC5[C@@H]6C)ccc4c3C)n(CC3CC3)c2c1. The standard InChI is InChI=1S/C31H32N2O3/c1-17-24-9-11-26(17)33(16-24)31(35)23-8-10-25-18(2)30(36-29(25)14-23)28-13-22-7-6-21(19(3)34)12-27(22)32(28)15-20-4-5-20/h6-8,10,12-14,17,20,24,26H,4-5,9,11,15-16H2,1-3H3/t17-,24?,26?/m1/s1. The first-order valence-electron chi connectivity index (χ1n) is 13.4. The van der Waals surface area contributed by atoms with Gasteiger partial charge in [-0.1, -0.05) is 25.1 Å². The number of hydrogen-bond donors (Lipinski definition) is 0. The zero-order valence-corrected chi connectivity index (χ0v) is 21.2. The summed E-state index contributed by atoms with van der Waals surface area (Å²) in [5, 5.41) is 2.16. The van der Waals surface area contributed by atoms with Crippen LogP contribution in [0.25, 0.3) is 33.3 Å². The summed E-state index contributed by atoms with van der Waals surface area (Å²) in [7, 11) is 0. The van der Waals surface area contributed by atoms with Gasteiger partial charge in [-0.3, -0.25) is 9.59 Å². The zero-order chi connectivity index (χ0) is 24.7. The molecule has 2 aromatic carbocycles. The number of rotatable bonds is 5. The summed E-state index contributed by atoms with van der Waals surface area (Å²) in [6.07, 6.45) is 4.86. The molecule has 3 aliphatic rings. The van der Waals surface area contributed by atoms with E-state index in [1.54, 1.807) is 6.92 Å². The Morgan fingerprint density at radius 2 is 1.81 bits per heavy atom. The van der Waals surface area contributed by atoms with Crippen LogP contribution < -0.4 is 0 Å². The van der Waals surface area contributed by atoms with Crippen molar-refractivity contribution in [2.45, 2.75) is 59.0 Å². The predicted molar refractivity (Wildman–Crippen MR) is 141 cm³/mol. The molecular formula is C31H32N2O3. The smallest absolute Gasteiger partial charge is 0.254 e. The van der Waals surface area contributed by atoms with Gasteiger partial charge in [-0.05, 0) is 81.5 Å². The number of carbonyl (C=O) groups excluding carboxylic acids is 2. The van der Waals surface area contributed by atoms with E-state index in [1.807, 2.05) is 36.4 Å². The number of carbonyl (C=O) groups is 2. The lowest BCUT2D eigenvalue weighted by atomic mass is 10.0. The third-order valence-corrected chi connectivity index (χ3v) is 9.14. The minimum absolute atomic E-state index is 0.0790. The van der Waals surface area contributed by atoms with Gasteiger partial charge in [0.2, 0.25) is 0 Å². The molecule has 3 heterocycles. The fraction of sp³-hybridized carbons (Fsp3) is 0.419. The third kappa shape index (κ3) is 3.28. The highest BCUT2D eigenvalue weighted by atomic mass is 16.3. The topological polar surface area (TPSA) is 55.5 Å². The Labute approximate surface area is 211 Å². The van der Waals surface area contributed by atoms with Gasteiger partial charge >= 0.3 is 0 Å². The van der Waals surface area contributed by atoms with E-state index in [0.717, 1.165) is 64.0 Å². The summed E-state index contributed by atoms with van der Waals surface area (Å²) in [5.41, 5.74) is 5.43. The molecule has 5 nitrogen and oxygen atoms in total. The fourth-order valence-electron chi connectivity index (χ4n) is 6.73. The number of benzene rings is 2. The van der Waals surface area contributed by atoms with Crippen LogP contribution in [0.3, 0.4) is 0 Å². The number of amides is 1. The average molecular weight is 481 g/mol. The van der Waals surface area contributed by atoms with Crippen molar-refractivity contribution < 1.29 is 14.0 Å². The highest BCUT2D eigenvalue weighted by Gasteiger charge is 2.46. The first-order valence-corrected chi connectivity index (χ1v) is 13.4. The summed E-state index contributed by atoms with van der Waals surface area (Å²) in [6.45, 7) is 7.82. The number of nitrogens with zero attached hydrogens (tertiary/aromatic N) is 2. The van der Waals surface area contributed by atoms with E-state index in [4.69, 9.17) is 4.42 Å². The Bertz CT molecular complexity index is 1550. The van der Waals surface area contributed by atoms with Crippen LogP contribution in [0.4, 0.5) is 0 Å². The maximum Gasteiger partial charge on any atom is 0.254 e. The number of ketones is 1. The van der Waals surface area contributed by atoms with Crippen molar-refractivity contribution in [2.24, 2.45) is 17.8 Å². The molecule has 0 radical (unpaired) electrons. The van der Waals surface area contributed by atoms with E-state index in [1.165, 1.54) is 19.3 Å². The average Bonchev–Trinajstić information content (AvgIpc) is 3.29. The first kappa shape index (κ1) is 21.9. The Balaban J connectivity index is 1.31. The number of aryl methyl sites for hydroxylation is 1. The lowest BCUT2D eigenvalue weighted by molar-refractivity contribution is 0.0696. The minimum Gasteiger partial charge on any atom is -0.454 e. The first-order chi connectivity index (χ1) is 17.4. The van der Waals surface area contributed by atoms with Gasteiger partial charge in [0.1, 0.15) is 5.58 Å². The Hall–Kier alpha value is -3.34. The second kappa shape index (κ2) is 7.83. The zero-order valence-electron chi connectivity index (χ0n) is 21.2. The van der Waals surface area contributed by atoms with Gasteiger partial charge in [-0.2, -0.15) is 0 Å². The van der Waals surface area contributed by atoms with Crippen LogP contribution in [0.5, 0.6) is 0 Å². The summed E-state index contributed by atoms with van der Waals surface area (Å²) in [4.78, 5) is 27.6. The Morgan fingerprint density at radius 3 is 2.50 bits per heavy atom. The van der Waals surface area contributed by atoms with Crippen LogP contribution in [0.2, 0.25) is 0 Å². The second-order valence-electron chi connectivity index (χ2n) is 11.4. The lowest BCUT2D eigenvalue weighted by Crippen LogP contribution is -2.38. The van der Waals surface area contributed by atoms with E-state index in [0.29, 0.717) is 29.4 Å². The van der Waals surface area contributed by atoms with Crippen molar-refractivity contribution in [1.29, 1.82) is 0 Å².